The molecule has 3 heterocycles. The van der Waals surface area contributed by atoms with Gasteiger partial charge in [0.2, 0.25) is 5.90 Å². The Morgan fingerprint density at radius 1 is 1.22 bits per heavy atom. The number of benzene rings is 1. The van der Waals surface area contributed by atoms with Crippen LogP contribution in [0.15, 0.2) is 41.8 Å². The minimum Gasteiger partial charge on any atom is -0.454 e. The molecule has 0 spiro atoms. The molecule has 116 valence electrons. The second-order valence-corrected chi connectivity index (χ2v) is 5.79. The first-order chi connectivity index (χ1) is 11.2. The number of rotatable bonds is 3. The van der Waals surface area contributed by atoms with Crippen LogP contribution in [0.25, 0.3) is 22.3 Å². The van der Waals surface area contributed by atoms with Gasteiger partial charge in [-0.15, -0.1) is 5.10 Å². The number of aromatic amines is 1. The Kier molecular flexibility index (Phi) is 3.22. The topological polar surface area (TPSA) is 75.2 Å². The third kappa shape index (κ3) is 2.42. The first-order valence-electron chi connectivity index (χ1n) is 7.60. The zero-order valence-corrected chi connectivity index (χ0v) is 13.0. The van der Waals surface area contributed by atoms with E-state index in [4.69, 9.17) is 4.74 Å². The molecular weight excluding hydrogens is 290 g/mol. The van der Waals surface area contributed by atoms with Crippen LogP contribution in [-0.2, 0) is 4.74 Å². The maximum atomic E-state index is 5.46. The lowest BCUT2D eigenvalue weighted by molar-refractivity contribution is 0.316. The van der Waals surface area contributed by atoms with Gasteiger partial charge < -0.3 is 9.72 Å². The maximum Gasteiger partial charge on any atom is 0.239 e. The minimum absolute atomic E-state index is 0.366. The molecule has 0 atom stereocenters. The van der Waals surface area contributed by atoms with Gasteiger partial charge in [0.1, 0.15) is 0 Å². The summed E-state index contributed by atoms with van der Waals surface area (Å²) in [6.45, 7) is 4.66. The fourth-order valence-corrected chi connectivity index (χ4v) is 2.65. The highest BCUT2D eigenvalue weighted by Crippen LogP contribution is 2.28. The summed E-state index contributed by atoms with van der Waals surface area (Å²) in [6.07, 6.45) is 3.76. The van der Waals surface area contributed by atoms with E-state index in [0.29, 0.717) is 18.5 Å². The number of fused-ring (bicyclic) bond motifs is 1. The molecule has 0 saturated heterocycles. The number of ether oxygens (including phenoxy) is 1. The van der Waals surface area contributed by atoms with Gasteiger partial charge >= 0.3 is 0 Å². The van der Waals surface area contributed by atoms with Crippen molar-refractivity contribution in [1.29, 1.82) is 0 Å². The third-order valence-corrected chi connectivity index (χ3v) is 3.89. The molecule has 3 aromatic rings. The summed E-state index contributed by atoms with van der Waals surface area (Å²) in [7, 11) is 0. The zero-order chi connectivity index (χ0) is 15.8. The second kappa shape index (κ2) is 5.39. The van der Waals surface area contributed by atoms with Crippen LogP contribution >= 0.6 is 0 Å². The van der Waals surface area contributed by atoms with Crippen LogP contribution in [0.2, 0.25) is 0 Å². The van der Waals surface area contributed by atoms with Gasteiger partial charge in [-0.3, -0.25) is 5.43 Å². The lowest BCUT2D eigenvalue weighted by Crippen LogP contribution is -2.02. The van der Waals surface area contributed by atoms with Crippen LogP contribution in [0.4, 0.5) is 0 Å². The van der Waals surface area contributed by atoms with Crippen LogP contribution in [0, 0.1) is 0 Å². The molecule has 0 fully saturated rings. The normalized spacial score (nSPS) is 14.0. The Balaban J connectivity index is 1.83. The number of nitrogens with zero attached hydrogens (tertiary/aromatic N) is 3. The van der Waals surface area contributed by atoms with Gasteiger partial charge in [0, 0.05) is 40.1 Å². The van der Waals surface area contributed by atoms with E-state index >= 15 is 0 Å². The molecule has 1 aliphatic heterocycles. The first-order valence-corrected chi connectivity index (χ1v) is 7.60. The summed E-state index contributed by atoms with van der Waals surface area (Å²) in [4.78, 5) is 12.4. The van der Waals surface area contributed by atoms with Gasteiger partial charge in [0.15, 0.2) is 12.6 Å². The Morgan fingerprint density at radius 2 is 2.13 bits per heavy atom. The molecule has 0 unspecified atom stereocenters. The number of nitrogens with one attached hydrogen (secondary N) is 2. The highest BCUT2D eigenvalue weighted by Gasteiger charge is 2.15. The predicted molar refractivity (Wildman–Crippen MR) is 89.0 cm³/mol. The van der Waals surface area contributed by atoms with Crippen molar-refractivity contribution in [2.75, 3.05) is 6.73 Å². The SMILES string of the molecule is CC(C)c1ccnc(-c2c[nH]c3ccc(C4=NNCO4)cc23)n1. The number of hydrazone groups is 1. The van der Waals surface area contributed by atoms with Crippen LogP contribution in [0.5, 0.6) is 0 Å². The summed E-state index contributed by atoms with van der Waals surface area (Å²) in [6, 6.07) is 8.02. The molecule has 0 radical (unpaired) electrons. The van der Waals surface area contributed by atoms with Crippen LogP contribution in [0.1, 0.15) is 31.0 Å². The number of hydrogen-bond acceptors (Lipinski definition) is 5. The zero-order valence-electron chi connectivity index (χ0n) is 13.0. The molecule has 23 heavy (non-hydrogen) atoms. The molecule has 1 aliphatic rings. The van der Waals surface area contributed by atoms with Crippen molar-refractivity contribution in [3.8, 4) is 11.4 Å². The second-order valence-electron chi connectivity index (χ2n) is 5.79. The van der Waals surface area contributed by atoms with E-state index in [9.17, 15) is 0 Å². The lowest BCUT2D eigenvalue weighted by Gasteiger charge is -2.06. The van der Waals surface area contributed by atoms with Crippen molar-refractivity contribution in [3.05, 3.63) is 47.9 Å². The number of aromatic nitrogens is 3. The van der Waals surface area contributed by atoms with Gasteiger partial charge in [-0.2, -0.15) is 0 Å². The predicted octanol–water partition coefficient (Wildman–Crippen LogP) is 2.99. The molecule has 0 bridgehead atoms. The van der Waals surface area contributed by atoms with Gasteiger partial charge in [0.05, 0.1) is 0 Å². The Hall–Kier alpha value is -2.89. The molecule has 0 amide bonds. The molecule has 0 aliphatic carbocycles. The van der Waals surface area contributed by atoms with Crippen LogP contribution in [-0.4, -0.2) is 27.6 Å². The Labute approximate surface area is 133 Å². The van der Waals surface area contributed by atoms with E-state index in [0.717, 1.165) is 33.5 Å². The van der Waals surface area contributed by atoms with Crippen molar-refractivity contribution in [3.63, 3.8) is 0 Å². The number of hydrogen-bond donors (Lipinski definition) is 2. The van der Waals surface area contributed by atoms with Crippen molar-refractivity contribution in [2.24, 2.45) is 5.10 Å². The van der Waals surface area contributed by atoms with Crippen molar-refractivity contribution < 1.29 is 4.74 Å². The van der Waals surface area contributed by atoms with E-state index < -0.39 is 0 Å². The third-order valence-electron chi connectivity index (χ3n) is 3.89. The fraction of sp³-hybridized carbons (Fsp3) is 0.235. The minimum atomic E-state index is 0.366. The van der Waals surface area contributed by atoms with Gasteiger partial charge in [-0.1, -0.05) is 13.8 Å². The van der Waals surface area contributed by atoms with E-state index in [1.54, 1.807) is 0 Å². The van der Waals surface area contributed by atoms with E-state index in [2.05, 4.69) is 45.4 Å². The van der Waals surface area contributed by atoms with Crippen molar-refractivity contribution in [2.45, 2.75) is 19.8 Å². The monoisotopic (exact) mass is 307 g/mol. The smallest absolute Gasteiger partial charge is 0.239 e. The van der Waals surface area contributed by atoms with Gasteiger partial charge in [-0.25, -0.2) is 9.97 Å². The average Bonchev–Trinajstić information content (AvgIpc) is 3.24. The Bertz CT molecular complexity index is 897. The summed E-state index contributed by atoms with van der Waals surface area (Å²) >= 11 is 0. The maximum absolute atomic E-state index is 5.46. The summed E-state index contributed by atoms with van der Waals surface area (Å²) in [5.74, 6) is 1.70. The molecular formula is C17H17N5O. The van der Waals surface area contributed by atoms with Gasteiger partial charge in [0.25, 0.3) is 0 Å². The average molecular weight is 307 g/mol. The highest BCUT2D eigenvalue weighted by atomic mass is 16.5. The number of H-pyrrole nitrogens is 1. The largest absolute Gasteiger partial charge is 0.454 e. The summed E-state index contributed by atoms with van der Waals surface area (Å²) < 4.78 is 5.46. The standard InChI is InChI=1S/C17H17N5O/c1-10(2)14-5-6-18-16(21-14)13-8-19-15-4-3-11(7-12(13)15)17-22-20-9-23-17/h3-8,10,19-20H,9H2,1-2H3. The van der Waals surface area contributed by atoms with E-state index in [1.165, 1.54) is 0 Å². The first kappa shape index (κ1) is 13.8. The van der Waals surface area contributed by atoms with Crippen molar-refractivity contribution >= 4 is 16.8 Å². The highest BCUT2D eigenvalue weighted by molar-refractivity contribution is 6.02. The molecule has 1 aromatic carbocycles. The van der Waals surface area contributed by atoms with Crippen LogP contribution < -0.4 is 5.43 Å². The summed E-state index contributed by atoms with van der Waals surface area (Å²) in [5, 5.41) is 5.20. The van der Waals surface area contributed by atoms with E-state index in [1.807, 2.05) is 30.6 Å². The lowest BCUT2D eigenvalue weighted by atomic mass is 10.1. The molecule has 6 nitrogen and oxygen atoms in total. The van der Waals surface area contributed by atoms with E-state index in [-0.39, 0.29) is 0 Å². The quantitative estimate of drug-likeness (QED) is 0.780. The van der Waals surface area contributed by atoms with Crippen LogP contribution in [0.3, 0.4) is 0 Å². The fourth-order valence-electron chi connectivity index (χ4n) is 2.65. The molecule has 0 saturated carbocycles. The van der Waals surface area contributed by atoms with Crippen molar-refractivity contribution in [1.82, 2.24) is 20.4 Å². The summed E-state index contributed by atoms with van der Waals surface area (Å²) in [5.41, 5.74) is 6.80. The molecule has 6 heteroatoms. The molecule has 4 rings (SSSR count). The molecule has 2 aromatic heterocycles. The Morgan fingerprint density at radius 3 is 2.91 bits per heavy atom. The van der Waals surface area contributed by atoms with Gasteiger partial charge in [-0.05, 0) is 30.2 Å². The molecule has 2 N–H and O–H groups in total.